The molecular weight excluding hydrogens is 416 g/mol. The van der Waals surface area contributed by atoms with Gasteiger partial charge in [0.1, 0.15) is 12.7 Å². The molecule has 1 saturated heterocycles. The predicted molar refractivity (Wildman–Crippen MR) is 121 cm³/mol. The van der Waals surface area contributed by atoms with Gasteiger partial charge in [-0.25, -0.2) is 9.67 Å². The van der Waals surface area contributed by atoms with Crippen molar-refractivity contribution in [2.45, 2.75) is 6.54 Å². The van der Waals surface area contributed by atoms with Gasteiger partial charge in [0.25, 0.3) is 0 Å². The predicted octanol–water partition coefficient (Wildman–Crippen LogP) is 2.83. The van der Waals surface area contributed by atoms with E-state index in [0.717, 1.165) is 26.3 Å². The minimum absolute atomic E-state index is 0.130. The van der Waals surface area contributed by atoms with Crippen LogP contribution in [0.1, 0.15) is 5.56 Å². The average Bonchev–Trinajstić information content (AvgIpc) is 3.29. The molecular formula is C22H25ClN6O2. The zero-order chi connectivity index (χ0) is 21.6. The van der Waals surface area contributed by atoms with Gasteiger partial charge in [-0.3, -0.25) is 9.69 Å². The van der Waals surface area contributed by atoms with Crippen LogP contribution in [0.25, 0.3) is 5.69 Å². The lowest BCUT2D eigenvalue weighted by molar-refractivity contribution is -0.117. The molecule has 2 aromatic carbocycles. The van der Waals surface area contributed by atoms with Crippen molar-refractivity contribution in [2.75, 3.05) is 50.1 Å². The van der Waals surface area contributed by atoms with Crippen LogP contribution in [0.5, 0.6) is 0 Å². The van der Waals surface area contributed by atoms with Crippen molar-refractivity contribution in [3.05, 3.63) is 65.7 Å². The lowest BCUT2D eigenvalue weighted by Crippen LogP contribution is -2.37. The molecule has 162 valence electrons. The van der Waals surface area contributed by atoms with Crippen LogP contribution in [-0.2, 0) is 16.1 Å². The number of nitrogens with one attached hydrogen (secondary N) is 1. The van der Waals surface area contributed by atoms with Crippen LogP contribution in [0.3, 0.4) is 0 Å². The SMILES string of the molecule is CN(CC(=O)Nc1cc(Cl)ccc1-n1cncn1)Cc1ccccc1N1CCOCC1. The molecule has 1 aliphatic heterocycles. The van der Waals surface area contributed by atoms with Crippen LogP contribution in [0, 0.1) is 0 Å². The van der Waals surface area contributed by atoms with E-state index in [2.05, 4.69) is 32.4 Å². The van der Waals surface area contributed by atoms with Crippen molar-refractivity contribution in [3.8, 4) is 5.69 Å². The van der Waals surface area contributed by atoms with Gasteiger partial charge in [0.15, 0.2) is 0 Å². The first kappa shape index (κ1) is 21.3. The van der Waals surface area contributed by atoms with Gasteiger partial charge >= 0.3 is 0 Å². The number of likely N-dealkylation sites (N-methyl/N-ethyl adjacent to an activating group) is 1. The summed E-state index contributed by atoms with van der Waals surface area (Å²) in [6.45, 7) is 4.12. The van der Waals surface area contributed by atoms with Crippen LogP contribution < -0.4 is 10.2 Å². The second kappa shape index (κ2) is 9.91. The standard InChI is InChI=1S/C22H25ClN6O2/c1-27(13-17-4-2-3-5-20(17)28-8-10-31-11-9-28)14-22(30)26-19-12-18(23)6-7-21(19)29-16-24-15-25-29/h2-7,12,15-16H,8-11,13-14H2,1H3,(H,26,30). The topological polar surface area (TPSA) is 75.5 Å². The molecule has 0 spiro atoms. The summed E-state index contributed by atoms with van der Waals surface area (Å²) in [5.74, 6) is -0.130. The minimum atomic E-state index is -0.130. The van der Waals surface area contributed by atoms with Crippen molar-refractivity contribution in [3.63, 3.8) is 0 Å². The maximum Gasteiger partial charge on any atom is 0.238 e. The third kappa shape index (κ3) is 5.41. The summed E-state index contributed by atoms with van der Waals surface area (Å²) >= 11 is 6.15. The number of anilines is 2. The monoisotopic (exact) mass is 440 g/mol. The highest BCUT2D eigenvalue weighted by Crippen LogP contribution is 2.25. The van der Waals surface area contributed by atoms with Crippen molar-refractivity contribution in [2.24, 2.45) is 0 Å². The van der Waals surface area contributed by atoms with Gasteiger partial charge in [0, 0.05) is 30.3 Å². The van der Waals surface area contributed by atoms with Crippen LogP contribution in [0.4, 0.5) is 11.4 Å². The number of hydrogen-bond acceptors (Lipinski definition) is 6. The van der Waals surface area contributed by atoms with Crippen molar-refractivity contribution in [1.82, 2.24) is 19.7 Å². The number of carbonyl (C=O) groups is 1. The fourth-order valence-electron chi connectivity index (χ4n) is 3.68. The molecule has 2 heterocycles. The van der Waals surface area contributed by atoms with Crippen LogP contribution in [0.2, 0.25) is 5.02 Å². The normalized spacial score (nSPS) is 14.1. The quantitative estimate of drug-likeness (QED) is 0.609. The van der Waals surface area contributed by atoms with Crippen LogP contribution >= 0.6 is 11.6 Å². The number of ether oxygens (including phenoxy) is 1. The first-order valence-corrected chi connectivity index (χ1v) is 10.5. The van der Waals surface area contributed by atoms with Gasteiger partial charge in [-0.1, -0.05) is 29.8 Å². The fourth-order valence-corrected chi connectivity index (χ4v) is 3.85. The number of hydrogen-bond donors (Lipinski definition) is 1. The number of para-hydroxylation sites is 1. The summed E-state index contributed by atoms with van der Waals surface area (Å²) in [5, 5.41) is 7.63. The molecule has 4 rings (SSSR count). The van der Waals surface area contributed by atoms with E-state index in [-0.39, 0.29) is 12.5 Å². The maximum atomic E-state index is 12.8. The smallest absolute Gasteiger partial charge is 0.238 e. The summed E-state index contributed by atoms with van der Waals surface area (Å²) in [4.78, 5) is 21.1. The van der Waals surface area contributed by atoms with E-state index in [1.165, 1.54) is 17.6 Å². The molecule has 1 aliphatic rings. The Bertz CT molecular complexity index is 1020. The molecule has 0 saturated carbocycles. The minimum Gasteiger partial charge on any atom is -0.378 e. The molecule has 1 fully saturated rings. The molecule has 8 nitrogen and oxygen atoms in total. The van der Waals surface area contributed by atoms with E-state index in [0.29, 0.717) is 22.9 Å². The Kier molecular flexibility index (Phi) is 6.81. The third-order valence-corrected chi connectivity index (χ3v) is 5.33. The highest BCUT2D eigenvalue weighted by molar-refractivity contribution is 6.31. The van der Waals surface area contributed by atoms with Gasteiger partial charge < -0.3 is 15.0 Å². The maximum absolute atomic E-state index is 12.8. The highest BCUT2D eigenvalue weighted by Gasteiger charge is 2.17. The number of aromatic nitrogens is 3. The van der Waals surface area contributed by atoms with E-state index in [1.54, 1.807) is 29.2 Å². The molecule has 0 radical (unpaired) electrons. The molecule has 9 heteroatoms. The van der Waals surface area contributed by atoms with Gasteiger partial charge in [0.2, 0.25) is 5.91 Å². The molecule has 1 amide bonds. The number of benzene rings is 2. The summed E-state index contributed by atoms with van der Waals surface area (Å²) in [6.07, 6.45) is 3.02. The van der Waals surface area contributed by atoms with E-state index >= 15 is 0 Å². The summed E-state index contributed by atoms with van der Waals surface area (Å²) in [6, 6.07) is 13.6. The summed E-state index contributed by atoms with van der Waals surface area (Å²) in [7, 11) is 1.94. The Morgan fingerprint density at radius 3 is 2.77 bits per heavy atom. The number of halogens is 1. The van der Waals surface area contributed by atoms with Crippen molar-refractivity contribution < 1.29 is 9.53 Å². The third-order valence-electron chi connectivity index (χ3n) is 5.10. The van der Waals surface area contributed by atoms with Gasteiger partial charge in [-0.15, -0.1) is 0 Å². The molecule has 1 aromatic heterocycles. The van der Waals surface area contributed by atoms with Crippen molar-refractivity contribution in [1.29, 1.82) is 0 Å². The number of morpholine rings is 1. The molecule has 0 bridgehead atoms. The lowest BCUT2D eigenvalue weighted by atomic mass is 10.1. The highest BCUT2D eigenvalue weighted by atomic mass is 35.5. The Morgan fingerprint density at radius 1 is 1.19 bits per heavy atom. The Hall–Kier alpha value is -2.94. The van der Waals surface area contributed by atoms with E-state index in [1.807, 2.05) is 24.1 Å². The van der Waals surface area contributed by atoms with E-state index in [9.17, 15) is 4.79 Å². The number of carbonyl (C=O) groups excluding carboxylic acids is 1. The number of amides is 1. The van der Waals surface area contributed by atoms with Crippen LogP contribution in [0.15, 0.2) is 55.1 Å². The summed E-state index contributed by atoms with van der Waals surface area (Å²) in [5.41, 5.74) is 3.67. The van der Waals surface area contributed by atoms with E-state index < -0.39 is 0 Å². The molecule has 0 unspecified atom stereocenters. The van der Waals surface area contributed by atoms with Gasteiger partial charge in [-0.05, 0) is 36.9 Å². The van der Waals surface area contributed by atoms with Crippen molar-refractivity contribution >= 4 is 28.9 Å². The fraction of sp³-hybridized carbons (Fsp3) is 0.318. The Balaban J connectivity index is 1.42. The molecule has 31 heavy (non-hydrogen) atoms. The van der Waals surface area contributed by atoms with Gasteiger partial charge in [0.05, 0.1) is 31.1 Å². The summed E-state index contributed by atoms with van der Waals surface area (Å²) < 4.78 is 7.06. The van der Waals surface area contributed by atoms with Crippen LogP contribution in [-0.4, -0.2) is 65.5 Å². The molecule has 0 atom stereocenters. The zero-order valence-electron chi connectivity index (χ0n) is 17.4. The average molecular weight is 441 g/mol. The van der Waals surface area contributed by atoms with Gasteiger partial charge in [-0.2, -0.15) is 5.10 Å². The zero-order valence-corrected chi connectivity index (χ0v) is 18.1. The second-order valence-electron chi connectivity index (χ2n) is 7.45. The Labute approximate surface area is 186 Å². The molecule has 3 aromatic rings. The molecule has 0 aliphatic carbocycles. The first-order chi connectivity index (χ1) is 15.1. The number of rotatable bonds is 7. The first-order valence-electron chi connectivity index (χ1n) is 10.1. The molecule has 1 N–H and O–H groups in total. The largest absolute Gasteiger partial charge is 0.378 e. The second-order valence-corrected chi connectivity index (χ2v) is 7.89. The lowest BCUT2D eigenvalue weighted by Gasteiger charge is -2.31. The van der Waals surface area contributed by atoms with E-state index in [4.69, 9.17) is 16.3 Å². The number of nitrogens with zero attached hydrogens (tertiary/aromatic N) is 5. The Morgan fingerprint density at radius 2 is 2.00 bits per heavy atom.